The van der Waals surface area contributed by atoms with E-state index in [0.29, 0.717) is 5.25 Å². The molecule has 1 aliphatic heterocycles. The predicted molar refractivity (Wildman–Crippen MR) is 58.6 cm³/mol. The Morgan fingerprint density at radius 3 is 2.64 bits per heavy atom. The number of thioether (sulfide) groups is 1. The highest BCUT2D eigenvalue weighted by molar-refractivity contribution is 7.99. The van der Waals surface area contributed by atoms with Crippen molar-refractivity contribution >= 4 is 11.8 Å². The molecule has 3 nitrogen and oxygen atoms in total. The van der Waals surface area contributed by atoms with Crippen molar-refractivity contribution in [3.8, 4) is 0 Å². The van der Waals surface area contributed by atoms with Crippen molar-refractivity contribution in [2.24, 2.45) is 0 Å². The molecule has 76 valence electrons. The smallest absolute Gasteiger partial charge is 0.188 e. The van der Waals surface area contributed by atoms with Crippen molar-refractivity contribution in [3.05, 3.63) is 17.5 Å². The monoisotopic (exact) mass is 209 g/mol. The van der Waals surface area contributed by atoms with Gasteiger partial charge in [0.2, 0.25) is 0 Å². The van der Waals surface area contributed by atoms with Crippen LogP contribution < -0.4 is 5.32 Å². The summed E-state index contributed by atoms with van der Waals surface area (Å²) in [7, 11) is 0. The Hall–Kier alpha value is -0.610. The largest absolute Gasteiger partial charge is 0.316 e. The van der Waals surface area contributed by atoms with Crippen LogP contribution in [0, 0.1) is 13.8 Å². The molecule has 1 fully saturated rings. The lowest BCUT2D eigenvalue weighted by Crippen LogP contribution is -2.10. The number of aromatic nitrogens is 2. The maximum atomic E-state index is 4.42. The third-order valence-corrected chi connectivity index (χ3v) is 3.38. The molecule has 1 N–H and O–H groups in total. The zero-order valence-electron chi connectivity index (χ0n) is 8.58. The van der Waals surface area contributed by atoms with Crippen LogP contribution in [-0.4, -0.2) is 28.3 Å². The van der Waals surface area contributed by atoms with Crippen LogP contribution in [0.15, 0.2) is 11.2 Å². The van der Waals surface area contributed by atoms with Gasteiger partial charge in [-0.05, 0) is 32.9 Å². The van der Waals surface area contributed by atoms with Crippen LogP contribution in [0.4, 0.5) is 0 Å². The molecule has 1 aromatic rings. The lowest BCUT2D eigenvalue weighted by atomic mass is 10.4. The molecular formula is C10H15N3S. The summed E-state index contributed by atoms with van der Waals surface area (Å²) in [5, 5.41) is 4.92. The average Bonchev–Trinajstić information content (AvgIpc) is 2.54. The molecule has 2 rings (SSSR count). The summed E-state index contributed by atoms with van der Waals surface area (Å²) < 4.78 is 0. The molecule has 0 aromatic carbocycles. The van der Waals surface area contributed by atoms with Crippen molar-refractivity contribution < 1.29 is 0 Å². The first-order valence-corrected chi connectivity index (χ1v) is 5.81. The average molecular weight is 209 g/mol. The maximum absolute atomic E-state index is 4.42. The summed E-state index contributed by atoms with van der Waals surface area (Å²) >= 11 is 1.79. The van der Waals surface area contributed by atoms with Crippen molar-refractivity contribution in [2.45, 2.75) is 30.7 Å². The molecule has 4 heteroatoms. The van der Waals surface area contributed by atoms with E-state index in [1.54, 1.807) is 11.8 Å². The molecule has 1 aromatic heterocycles. The van der Waals surface area contributed by atoms with E-state index < -0.39 is 0 Å². The van der Waals surface area contributed by atoms with E-state index in [-0.39, 0.29) is 0 Å². The van der Waals surface area contributed by atoms with E-state index in [1.165, 1.54) is 6.42 Å². The molecule has 0 saturated carbocycles. The summed E-state index contributed by atoms with van der Waals surface area (Å²) in [6, 6.07) is 2.01. The van der Waals surface area contributed by atoms with Crippen molar-refractivity contribution in [3.63, 3.8) is 0 Å². The highest BCUT2D eigenvalue weighted by atomic mass is 32.2. The van der Waals surface area contributed by atoms with Gasteiger partial charge in [-0.25, -0.2) is 9.97 Å². The summed E-state index contributed by atoms with van der Waals surface area (Å²) in [5.74, 6) is 0. The fourth-order valence-corrected chi connectivity index (χ4v) is 2.75. The van der Waals surface area contributed by atoms with Gasteiger partial charge in [-0.15, -0.1) is 0 Å². The molecule has 0 unspecified atom stereocenters. The molecule has 0 spiro atoms. The predicted octanol–water partition coefficient (Wildman–Crippen LogP) is 1.55. The molecular weight excluding hydrogens is 194 g/mol. The third-order valence-electron chi connectivity index (χ3n) is 2.25. The second-order valence-electron chi connectivity index (χ2n) is 3.67. The van der Waals surface area contributed by atoms with E-state index in [9.17, 15) is 0 Å². The fourth-order valence-electron chi connectivity index (χ4n) is 1.62. The van der Waals surface area contributed by atoms with Crippen LogP contribution in [0.1, 0.15) is 17.8 Å². The van der Waals surface area contributed by atoms with Crippen LogP contribution in [-0.2, 0) is 0 Å². The van der Waals surface area contributed by atoms with Gasteiger partial charge < -0.3 is 5.32 Å². The minimum absolute atomic E-state index is 0.649. The van der Waals surface area contributed by atoms with Gasteiger partial charge in [0.1, 0.15) is 0 Å². The first-order valence-electron chi connectivity index (χ1n) is 4.94. The summed E-state index contributed by atoms with van der Waals surface area (Å²) in [4.78, 5) is 8.84. The molecule has 0 radical (unpaired) electrons. The standard InChI is InChI=1S/C10H15N3S/c1-7-5-8(2)13-10(12-7)14-9-3-4-11-6-9/h5,9,11H,3-4,6H2,1-2H3/t9-/m1/s1. The Morgan fingerprint density at radius 1 is 1.36 bits per heavy atom. The highest BCUT2D eigenvalue weighted by Gasteiger charge is 2.17. The van der Waals surface area contributed by atoms with Gasteiger partial charge in [-0.2, -0.15) is 0 Å². The summed E-state index contributed by atoms with van der Waals surface area (Å²) in [6.45, 7) is 6.25. The number of aryl methyl sites for hydroxylation is 2. The Balaban J connectivity index is 2.07. The zero-order chi connectivity index (χ0) is 9.97. The summed E-state index contributed by atoms with van der Waals surface area (Å²) in [6.07, 6.45) is 1.22. The normalized spacial score (nSPS) is 21.4. The van der Waals surface area contributed by atoms with Gasteiger partial charge in [-0.1, -0.05) is 11.8 Å². The van der Waals surface area contributed by atoms with E-state index in [0.717, 1.165) is 29.6 Å². The Kier molecular flexibility index (Phi) is 3.03. The number of hydrogen-bond donors (Lipinski definition) is 1. The van der Waals surface area contributed by atoms with Crippen LogP contribution in [0.5, 0.6) is 0 Å². The van der Waals surface area contributed by atoms with Crippen LogP contribution in [0.3, 0.4) is 0 Å². The second kappa shape index (κ2) is 4.28. The maximum Gasteiger partial charge on any atom is 0.188 e. The van der Waals surface area contributed by atoms with Crippen LogP contribution >= 0.6 is 11.8 Å². The van der Waals surface area contributed by atoms with E-state index >= 15 is 0 Å². The van der Waals surface area contributed by atoms with E-state index in [2.05, 4.69) is 15.3 Å². The highest BCUT2D eigenvalue weighted by Crippen LogP contribution is 2.24. The van der Waals surface area contributed by atoms with Gasteiger partial charge in [0.25, 0.3) is 0 Å². The molecule has 0 amide bonds. The number of hydrogen-bond acceptors (Lipinski definition) is 4. The lowest BCUT2D eigenvalue weighted by molar-refractivity contribution is 0.856. The molecule has 14 heavy (non-hydrogen) atoms. The molecule has 0 aliphatic carbocycles. The molecule has 2 heterocycles. The molecule has 1 aliphatic rings. The molecule has 1 saturated heterocycles. The minimum atomic E-state index is 0.649. The van der Waals surface area contributed by atoms with Gasteiger partial charge in [0.05, 0.1) is 0 Å². The van der Waals surface area contributed by atoms with Crippen molar-refractivity contribution in [2.75, 3.05) is 13.1 Å². The number of nitrogens with zero attached hydrogens (tertiary/aromatic N) is 2. The van der Waals surface area contributed by atoms with E-state index in [4.69, 9.17) is 0 Å². The zero-order valence-corrected chi connectivity index (χ0v) is 9.40. The van der Waals surface area contributed by atoms with Crippen molar-refractivity contribution in [1.29, 1.82) is 0 Å². The van der Waals surface area contributed by atoms with Crippen LogP contribution in [0.2, 0.25) is 0 Å². The Bertz CT molecular complexity index is 301. The Morgan fingerprint density at radius 2 is 2.07 bits per heavy atom. The summed E-state index contributed by atoms with van der Waals surface area (Å²) in [5.41, 5.74) is 2.12. The topological polar surface area (TPSA) is 37.8 Å². The third kappa shape index (κ3) is 2.45. The fraction of sp³-hybridized carbons (Fsp3) is 0.600. The lowest BCUT2D eigenvalue weighted by Gasteiger charge is -2.07. The van der Waals surface area contributed by atoms with Gasteiger partial charge >= 0.3 is 0 Å². The SMILES string of the molecule is Cc1cc(C)nc(S[C@@H]2CCNC2)n1. The number of rotatable bonds is 2. The Labute approximate surface area is 88.7 Å². The van der Waals surface area contributed by atoms with Gasteiger partial charge in [0, 0.05) is 23.2 Å². The number of nitrogens with one attached hydrogen (secondary N) is 1. The van der Waals surface area contributed by atoms with Crippen LogP contribution in [0.25, 0.3) is 0 Å². The second-order valence-corrected chi connectivity index (χ2v) is 4.93. The first-order chi connectivity index (χ1) is 6.74. The molecule has 1 atom stereocenters. The quantitative estimate of drug-likeness (QED) is 0.750. The first kappa shape index (κ1) is 9.93. The van der Waals surface area contributed by atoms with Gasteiger partial charge in [-0.3, -0.25) is 0 Å². The van der Waals surface area contributed by atoms with Gasteiger partial charge in [0.15, 0.2) is 5.16 Å². The minimum Gasteiger partial charge on any atom is -0.316 e. The van der Waals surface area contributed by atoms with Crippen molar-refractivity contribution in [1.82, 2.24) is 15.3 Å². The van der Waals surface area contributed by atoms with E-state index in [1.807, 2.05) is 19.9 Å². The molecule has 0 bridgehead atoms.